The predicted octanol–water partition coefficient (Wildman–Crippen LogP) is 6.28. The van der Waals surface area contributed by atoms with E-state index in [1.54, 1.807) is 7.05 Å². The highest BCUT2D eigenvalue weighted by molar-refractivity contribution is 7.91. The van der Waals surface area contributed by atoms with Crippen LogP contribution in [0, 0.1) is 17.8 Å². The van der Waals surface area contributed by atoms with Gasteiger partial charge in [-0.3, -0.25) is 9.48 Å². The molecule has 2 aromatic rings. The predicted molar refractivity (Wildman–Crippen MR) is 141 cm³/mol. The molecule has 3 aliphatic carbocycles. The van der Waals surface area contributed by atoms with Gasteiger partial charge in [0.25, 0.3) is 12.3 Å². The van der Waals surface area contributed by atoms with Crippen LogP contribution in [0.15, 0.2) is 11.0 Å². The zero-order chi connectivity index (χ0) is 28.3. The maximum atomic E-state index is 13.6. The number of hydrogen-bond acceptors (Lipinski definition) is 6. The number of ketones is 1. The van der Waals surface area contributed by atoms with Crippen molar-refractivity contribution < 1.29 is 35.2 Å². The number of rotatable bonds is 11. The molecule has 0 amide bonds. The summed E-state index contributed by atoms with van der Waals surface area (Å²) in [5, 5.41) is 3.81. The molecule has 5 nitrogen and oxygen atoms in total. The molecule has 3 aliphatic rings. The minimum atomic E-state index is -3.95. The first-order valence-corrected chi connectivity index (χ1v) is 15.9. The summed E-state index contributed by atoms with van der Waals surface area (Å²) in [6.45, 7) is 0. The van der Waals surface area contributed by atoms with E-state index >= 15 is 0 Å². The Labute approximate surface area is 233 Å². The molecule has 13 heteroatoms. The van der Waals surface area contributed by atoms with Crippen molar-refractivity contribution in [3.8, 4) is 0 Å². The number of nitrogens with zero attached hydrogens (tertiary/aromatic N) is 2. The second-order valence-corrected chi connectivity index (χ2v) is 14.8. The van der Waals surface area contributed by atoms with E-state index in [0.717, 1.165) is 16.2 Å². The second kappa shape index (κ2) is 10.6. The Bertz CT molecular complexity index is 1400. The average molecular weight is 609 g/mol. The van der Waals surface area contributed by atoms with E-state index in [-0.39, 0.29) is 58.7 Å². The maximum absolute atomic E-state index is 13.6. The summed E-state index contributed by atoms with van der Waals surface area (Å²) in [6, 6.07) is 1.32. The van der Waals surface area contributed by atoms with Crippen LogP contribution in [0.2, 0.25) is 0 Å². The first-order valence-electron chi connectivity index (χ1n) is 13.0. The first-order chi connectivity index (χ1) is 18.2. The molecule has 0 saturated heterocycles. The van der Waals surface area contributed by atoms with E-state index < -0.39 is 46.5 Å². The number of aryl methyl sites for hydroxylation is 2. The van der Waals surface area contributed by atoms with Crippen LogP contribution in [-0.2, 0) is 36.1 Å². The van der Waals surface area contributed by atoms with E-state index in [0.29, 0.717) is 41.8 Å². The van der Waals surface area contributed by atoms with E-state index in [9.17, 15) is 35.2 Å². The highest BCUT2D eigenvalue weighted by Gasteiger charge is 2.57. The summed E-state index contributed by atoms with van der Waals surface area (Å²) in [7, 11) is -2.38. The zero-order valence-corrected chi connectivity index (χ0v) is 23.7. The Balaban J connectivity index is 1.36. The fraction of sp³-hybridized carbons (Fsp3) is 0.654. The first kappa shape index (κ1) is 28.8. The molecule has 0 aliphatic heterocycles. The standard InChI is InChI=1S/C26H29F5N2O3S3/c1-33-17(10-20(32-33)25(28)29)9-18(37)6-13-2-3-22-19(7-13)24(39(35,36)12-14-4-16(27)5-14)23(38-22)21(34)8-15-11-26(15,30)31/h10,13-16,25H,2-9,11-12H2,1H3/t13-,14?,15?,16?/m1/s1. The smallest absolute Gasteiger partial charge is 0.282 e. The molecule has 39 heavy (non-hydrogen) atoms. The highest BCUT2D eigenvalue weighted by atomic mass is 32.2. The molecule has 2 aromatic heterocycles. The van der Waals surface area contributed by atoms with Crippen LogP contribution in [-0.4, -0.2) is 46.7 Å². The number of fused-ring (bicyclic) bond motifs is 1. The zero-order valence-electron chi connectivity index (χ0n) is 21.3. The van der Waals surface area contributed by atoms with Crippen LogP contribution in [0.3, 0.4) is 0 Å². The van der Waals surface area contributed by atoms with E-state index in [4.69, 9.17) is 12.2 Å². The van der Waals surface area contributed by atoms with Crippen molar-refractivity contribution in [3.63, 3.8) is 0 Å². The molecule has 0 radical (unpaired) electrons. The van der Waals surface area contributed by atoms with Gasteiger partial charge in [0, 0.05) is 42.8 Å². The Morgan fingerprint density at radius 2 is 1.95 bits per heavy atom. The molecule has 214 valence electrons. The molecule has 2 fully saturated rings. The van der Waals surface area contributed by atoms with Crippen LogP contribution in [0.25, 0.3) is 0 Å². The van der Waals surface area contributed by atoms with Gasteiger partial charge < -0.3 is 0 Å². The Morgan fingerprint density at radius 1 is 1.26 bits per heavy atom. The number of sulfone groups is 1. The number of alkyl halides is 5. The molecule has 5 rings (SSSR count). The van der Waals surface area contributed by atoms with Crippen LogP contribution in [0.1, 0.15) is 76.5 Å². The molecule has 0 spiro atoms. The van der Waals surface area contributed by atoms with Gasteiger partial charge in [-0.05, 0) is 66.9 Å². The summed E-state index contributed by atoms with van der Waals surface area (Å²) < 4.78 is 95.0. The largest absolute Gasteiger partial charge is 0.293 e. The third-order valence-electron chi connectivity index (χ3n) is 8.01. The molecule has 0 bridgehead atoms. The van der Waals surface area contributed by atoms with Crippen LogP contribution < -0.4 is 0 Å². The number of thiophene rings is 1. The quantitative estimate of drug-likeness (QED) is 0.171. The van der Waals surface area contributed by atoms with Gasteiger partial charge in [-0.2, -0.15) is 5.10 Å². The van der Waals surface area contributed by atoms with E-state index in [2.05, 4.69) is 5.10 Å². The number of halogens is 5. The molecule has 0 N–H and O–H groups in total. The maximum Gasteiger partial charge on any atom is 0.282 e. The van der Waals surface area contributed by atoms with Crippen LogP contribution in [0.5, 0.6) is 0 Å². The number of carbonyl (C=O) groups excluding carboxylic acids is 1. The topological polar surface area (TPSA) is 69.0 Å². The molecular formula is C26H29F5N2O3S3. The van der Waals surface area contributed by atoms with Crippen LogP contribution in [0.4, 0.5) is 22.0 Å². The van der Waals surface area contributed by atoms with Crippen molar-refractivity contribution in [1.29, 1.82) is 0 Å². The van der Waals surface area contributed by atoms with Gasteiger partial charge in [-0.25, -0.2) is 30.4 Å². The fourth-order valence-corrected chi connectivity index (χ4v) is 9.89. The lowest BCUT2D eigenvalue weighted by Crippen LogP contribution is -2.31. The molecule has 0 aromatic carbocycles. The van der Waals surface area contributed by atoms with Crippen molar-refractivity contribution in [2.24, 2.45) is 24.8 Å². The number of Topliss-reactive ketones (excluding diaryl/α,β-unsaturated/α-hetero) is 1. The van der Waals surface area contributed by atoms with E-state index in [1.807, 2.05) is 0 Å². The van der Waals surface area contributed by atoms with Gasteiger partial charge in [-0.15, -0.1) is 11.3 Å². The van der Waals surface area contributed by atoms with Gasteiger partial charge in [0.1, 0.15) is 11.9 Å². The fourth-order valence-electron chi connectivity index (χ4n) is 5.71. The van der Waals surface area contributed by atoms with Gasteiger partial charge in [-0.1, -0.05) is 12.2 Å². The third kappa shape index (κ3) is 6.14. The Hall–Kier alpha value is -1.73. The molecule has 2 saturated carbocycles. The number of hydrogen-bond donors (Lipinski definition) is 0. The minimum Gasteiger partial charge on any atom is -0.293 e. The highest BCUT2D eigenvalue weighted by Crippen LogP contribution is 2.52. The summed E-state index contributed by atoms with van der Waals surface area (Å²) in [5.74, 6) is -5.16. The lowest BCUT2D eigenvalue weighted by atomic mass is 9.84. The minimum absolute atomic E-state index is 0.0222. The van der Waals surface area contributed by atoms with Crippen LogP contribution >= 0.6 is 23.6 Å². The molecule has 2 atom stereocenters. The monoisotopic (exact) mass is 608 g/mol. The van der Waals surface area contributed by atoms with Crippen molar-refractivity contribution in [2.45, 2.75) is 81.2 Å². The SMILES string of the molecule is Cn1nc(C(F)F)cc1CC(=S)C[C@H]1CCc2sc(C(=O)CC3CC3(F)F)c(S(=O)(=O)CC3CC(F)C3)c2C1. The van der Waals surface area contributed by atoms with Crippen molar-refractivity contribution in [2.75, 3.05) is 5.75 Å². The average Bonchev–Trinajstić information content (AvgIpc) is 3.12. The summed E-state index contributed by atoms with van der Waals surface area (Å²) in [4.78, 5) is 14.5. The Kier molecular flexibility index (Phi) is 7.82. The summed E-state index contributed by atoms with van der Waals surface area (Å²) >= 11 is 6.65. The van der Waals surface area contributed by atoms with E-state index in [1.165, 1.54) is 10.7 Å². The Morgan fingerprint density at radius 3 is 2.54 bits per heavy atom. The lowest BCUT2D eigenvalue weighted by Gasteiger charge is -2.29. The van der Waals surface area contributed by atoms with Crippen molar-refractivity contribution in [1.82, 2.24) is 9.78 Å². The number of thiocarbonyl (C=S) groups is 1. The third-order valence-corrected chi connectivity index (χ3v) is 11.8. The molecular weight excluding hydrogens is 579 g/mol. The van der Waals surface area contributed by atoms with Gasteiger partial charge >= 0.3 is 0 Å². The van der Waals surface area contributed by atoms with Gasteiger partial charge in [0.15, 0.2) is 15.6 Å². The van der Waals surface area contributed by atoms with Gasteiger partial charge in [0.2, 0.25) is 0 Å². The lowest BCUT2D eigenvalue weighted by molar-refractivity contribution is 0.0834. The normalized spacial score (nSPS) is 25.8. The number of aromatic nitrogens is 2. The van der Waals surface area contributed by atoms with Crippen molar-refractivity contribution >= 4 is 44.0 Å². The summed E-state index contributed by atoms with van der Waals surface area (Å²) in [5.41, 5.74) is 0.793. The molecule has 1 unspecified atom stereocenters. The summed E-state index contributed by atoms with van der Waals surface area (Å²) in [6.07, 6.45) is -1.86. The second-order valence-electron chi connectivity index (χ2n) is 11.2. The van der Waals surface area contributed by atoms with Crippen molar-refractivity contribution in [3.05, 3.63) is 32.8 Å². The molecule has 2 heterocycles. The number of carbonyl (C=O) groups is 1. The van der Waals surface area contributed by atoms with Gasteiger partial charge in [0.05, 0.1) is 15.5 Å².